The fourth-order valence-electron chi connectivity index (χ4n) is 3.86. The van der Waals surface area contributed by atoms with E-state index in [9.17, 15) is 9.18 Å². The number of rotatable bonds is 8. The average molecular weight is 406 g/mol. The van der Waals surface area contributed by atoms with Crippen molar-refractivity contribution >= 4 is 18.2 Å². The van der Waals surface area contributed by atoms with E-state index in [4.69, 9.17) is 4.74 Å². The summed E-state index contributed by atoms with van der Waals surface area (Å²) in [6.45, 7) is 0.849. The van der Waals surface area contributed by atoms with Crippen LogP contribution in [0.5, 0.6) is 5.75 Å². The van der Waals surface area contributed by atoms with Gasteiger partial charge in [0.25, 0.3) is 0 Å². The summed E-state index contributed by atoms with van der Waals surface area (Å²) in [6.07, 6.45) is 5.99. The number of methoxy groups -OCH3 is 1. The second-order valence-corrected chi connectivity index (χ2v) is 7.31. The number of carbonyl (C=O) groups is 1. The van der Waals surface area contributed by atoms with Gasteiger partial charge in [-0.1, -0.05) is 12.1 Å². The lowest BCUT2D eigenvalue weighted by Gasteiger charge is -2.29. The summed E-state index contributed by atoms with van der Waals surface area (Å²) in [5.74, 6) is 1.31. The van der Waals surface area contributed by atoms with Crippen molar-refractivity contribution in [3.8, 4) is 5.75 Å². The highest BCUT2D eigenvalue weighted by molar-refractivity contribution is 5.95. The number of carbonyl (C=O) groups excluding carboxylic acids is 1. The summed E-state index contributed by atoms with van der Waals surface area (Å²) in [5.41, 5.74) is 1.97. The maximum atomic E-state index is 12.9. The highest BCUT2D eigenvalue weighted by Crippen LogP contribution is 2.34. The van der Waals surface area contributed by atoms with Crippen molar-refractivity contribution in [2.45, 2.75) is 50.5 Å². The topological polar surface area (TPSA) is 38.3 Å². The molecule has 0 radical (unpaired) electrons. The van der Waals surface area contributed by atoms with E-state index in [1.54, 1.807) is 19.2 Å². The van der Waals surface area contributed by atoms with Crippen molar-refractivity contribution in [1.82, 2.24) is 5.32 Å². The molecule has 3 nitrogen and oxygen atoms in total. The van der Waals surface area contributed by atoms with Crippen LogP contribution in [0.3, 0.4) is 0 Å². The molecule has 0 unspecified atom stereocenters. The molecule has 1 saturated carbocycles. The van der Waals surface area contributed by atoms with Crippen LogP contribution in [0.15, 0.2) is 48.5 Å². The minimum atomic E-state index is -0.308. The molecule has 0 saturated heterocycles. The van der Waals surface area contributed by atoms with Crippen LogP contribution >= 0.6 is 12.4 Å². The predicted octanol–water partition coefficient (Wildman–Crippen LogP) is 5.54. The zero-order valence-corrected chi connectivity index (χ0v) is 17.1. The van der Waals surface area contributed by atoms with Crippen LogP contribution in [-0.4, -0.2) is 25.5 Å². The molecule has 1 N–H and O–H groups in total. The molecule has 0 amide bonds. The Kier molecular flexibility index (Phi) is 8.94. The average Bonchev–Trinajstić information content (AvgIpc) is 2.72. The second kappa shape index (κ2) is 11.2. The van der Waals surface area contributed by atoms with E-state index in [1.165, 1.54) is 30.5 Å². The minimum Gasteiger partial charge on any atom is -0.497 e. The third-order valence-electron chi connectivity index (χ3n) is 5.47. The van der Waals surface area contributed by atoms with Crippen molar-refractivity contribution in [2.75, 3.05) is 13.7 Å². The third kappa shape index (κ3) is 6.32. The molecule has 5 heteroatoms. The minimum absolute atomic E-state index is 0. The summed E-state index contributed by atoms with van der Waals surface area (Å²) >= 11 is 0. The lowest BCUT2D eigenvalue weighted by molar-refractivity contribution is 0.0979. The largest absolute Gasteiger partial charge is 0.497 e. The molecular weight excluding hydrogens is 377 g/mol. The second-order valence-electron chi connectivity index (χ2n) is 7.31. The van der Waals surface area contributed by atoms with Gasteiger partial charge in [0.2, 0.25) is 0 Å². The molecule has 0 spiro atoms. The third-order valence-corrected chi connectivity index (χ3v) is 5.47. The van der Waals surface area contributed by atoms with Gasteiger partial charge >= 0.3 is 0 Å². The van der Waals surface area contributed by atoms with E-state index < -0.39 is 0 Å². The van der Waals surface area contributed by atoms with Gasteiger partial charge in [0, 0.05) is 18.0 Å². The lowest BCUT2D eigenvalue weighted by atomic mass is 9.81. The summed E-state index contributed by atoms with van der Waals surface area (Å²) in [6, 6.07) is 14.7. The van der Waals surface area contributed by atoms with Crippen molar-refractivity contribution in [3.63, 3.8) is 0 Å². The van der Waals surface area contributed by atoms with Gasteiger partial charge < -0.3 is 10.1 Å². The van der Waals surface area contributed by atoms with Crippen molar-refractivity contribution in [2.24, 2.45) is 0 Å². The number of ether oxygens (including phenoxy) is 1. The van der Waals surface area contributed by atoms with E-state index in [0.29, 0.717) is 23.9 Å². The number of benzene rings is 2. The molecule has 1 fully saturated rings. The van der Waals surface area contributed by atoms with Gasteiger partial charge in [-0.3, -0.25) is 4.79 Å². The summed E-state index contributed by atoms with van der Waals surface area (Å²) in [7, 11) is 1.71. The molecule has 2 aromatic carbocycles. The monoisotopic (exact) mass is 405 g/mol. The molecule has 28 heavy (non-hydrogen) atoms. The molecule has 0 bridgehead atoms. The Labute approximate surface area is 173 Å². The molecule has 1 aliphatic carbocycles. The highest BCUT2D eigenvalue weighted by atomic mass is 35.5. The Morgan fingerprint density at radius 1 is 1.11 bits per heavy atom. The Balaban J connectivity index is 0.00000280. The van der Waals surface area contributed by atoms with Gasteiger partial charge in [-0.25, -0.2) is 4.39 Å². The van der Waals surface area contributed by atoms with E-state index >= 15 is 0 Å². The molecule has 3 rings (SSSR count). The van der Waals surface area contributed by atoms with Crippen LogP contribution in [-0.2, 0) is 0 Å². The molecule has 2 aromatic rings. The first-order valence-electron chi connectivity index (χ1n) is 9.82. The van der Waals surface area contributed by atoms with Gasteiger partial charge in [-0.15, -0.1) is 12.4 Å². The molecule has 0 atom stereocenters. The first-order chi connectivity index (χ1) is 13.2. The molecule has 0 aliphatic heterocycles. The van der Waals surface area contributed by atoms with Gasteiger partial charge in [0.05, 0.1) is 7.11 Å². The molecular formula is C23H29ClFNO2. The normalized spacial score (nSPS) is 18.9. The van der Waals surface area contributed by atoms with Crippen LogP contribution in [0.4, 0.5) is 4.39 Å². The molecule has 1 aliphatic rings. The van der Waals surface area contributed by atoms with E-state index in [0.717, 1.165) is 31.6 Å². The predicted molar refractivity (Wildman–Crippen MR) is 113 cm³/mol. The van der Waals surface area contributed by atoms with Gasteiger partial charge in [0.1, 0.15) is 11.6 Å². The summed E-state index contributed by atoms with van der Waals surface area (Å²) < 4.78 is 18.2. The zero-order chi connectivity index (χ0) is 19.1. The Morgan fingerprint density at radius 3 is 2.50 bits per heavy atom. The number of Topliss-reactive ketones (excluding diaryl/α,β-unsaturated/α-hetero) is 1. The smallest absolute Gasteiger partial charge is 0.162 e. The fraction of sp³-hybridized carbons (Fsp3) is 0.435. The maximum Gasteiger partial charge on any atom is 0.162 e. The van der Waals surface area contributed by atoms with Gasteiger partial charge in [-0.05, 0) is 86.5 Å². The highest BCUT2D eigenvalue weighted by Gasteiger charge is 2.22. The summed E-state index contributed by atoms with van der Waals surface area (Å²) in [4.78, 5) is 12.1. The molecule has 152 valence electrons. The van der Waals surface area contributed by atoms with Gasteiger partial charge in [0.15, 0.2) is 5.78 Å². The van der Waals surface area contributed by atoms with Crippen molar-refractivity contribution in [3.05, 3.63) is 65.5 Å². The molecule has 0 aromatic heterocycles. The lowest BCUT2D eigenvalue weighted by Crippen LogP contribution is -2.33. The van der Waals surface area contributed by atoms with Crippen LogP contribution in [0.2, 0.25) is 0 Å². The quantitative estimate of drug-likeness (QED) is 0.463. The van der Waals surface area contributed by atoms with E-state index in [1.807, 2.05) is 6.07 Å². The van der Waals surface area contributed by atoms with E-state index in [2.05, 4.69) is 23.5 Å². The van der Waals surface area contributed by atoms with Crippen LogP contribution < -0.4 is 10.1 Å². The number of halogens is 2. The maximum absolute atomic E-state index is 12.9. The van der Waals surface area contributed by atoms with Crippen LogP contribution in [0.1, 0.15) is 60.4 Å². The van der Waals surface area contributed by atoms with E-state index in [-0.39, 0.29) is 24.0 Å². The number of ketones is 1. The van der Waals surface area contributed by atoms with Crippen LogP contribution in [0.25, 0.3) is 0 Å². The molecule has 0 heterocycles. The Hall–Kier alpha value is -1.91. The Morgan fingerprint density at radius 2 is 1.82 bits per heavy atom. The Bertz CT molecular complexity index is 743. The van der Waals surface area contributed by atoms with Crippen molar-refractivity contribution < 1.29 is 13.9 Å². The first-order valence-corrected chi connectivity index (χ1v) is 9.82. The number of nitrogens with one attached hydrogen (secondary N) is 1. The van der Waals surface area contributed by atoms with Crippen LogP contribution in [0, 0.1) is 5.82 Å². The zero-order valence-electron chi connectivity index (χ0n) is 16.3. The van der Waals surface area contributed by atoms with Crippen molar-refractivity contribution in [1.29, 1.82) is 0 Å². The summed E-state index contributed by atoms with van der Waals surface area (Å²) in [5, 5.41) is 3.60. The SMILES string of the molecule is COc1cccc(C2CCC(NCCCC(=O)c3ccc(F)cc3)CC2)c1.Cl. The number of hydrogen-bond acceptors (Lipinski definition) is 3. The van der Waals surface area contributed by atoms with Gasteiger partial charge in [-0.2, -0.15) is 0 Å². The standard InChI is InChI=1S/C23H28FNO2.ClH/c1-27-22-5-2-4-19(16-22)17-9-13-21(14-10-17)25-15-3-6-23(26)18-7-11-20(24)12-8-18;/h2,4-5,7-8,11-12,16-17,21,25H,3,6,9-10,13-15H2,1H3;1H. The first kappa shape index (κ1) is 22.4. The fourth-order valence-corrected chi connectivity index (χ4v) is 3.86. The number of hydrogen-bond donors (Lipinski definition) is 1.